The molecule has 0 aliphatic rings. The molecule has 0 aliphatic heterocycles. The first-order valence-corrected chi connectivity index (χ1v) is 9.54. The van der Waals surface area contributed by atoms with E-state index in [0.717, 1.165) is 0 Å². The van der Waals surface area contributed by atoms with Crippen LogP contribution in [-0.2, 0) is 9.05 Å². The Bertz CT molecular complexity index is 581. The number of hydrogen-bond donors (Lipinski definition) is 4. The van der Waals surface area contributed by atoms with Gasteiger partial charge in [-0.25, -0.2) is 0 Å². The Morgan fingerprint density at radius 1 is 0.840 bits per heavy atom. The summed E-state index contributed by atoms with van der Waals surface area (Å²) >= 11 is 0. The molecule has 4 N–H and O–H groups in total. The first-order valence-electron chi connectivity index (χ1n) is 7.21. The highest BCUT2D eigenvalue weighted by Crippen LogP contribution is 2.53. The highest BCUT2D eigenvalue weighted by molar-refractivity contribution is 7.39. The molecule has 0 fully saturated rings. The maximum atomic E-state index is 9.38. The number of benzene rings is 2. The van der Waals surface area contributed by atoms with Crippen molar-refractivity contribution in [3.63, 3.8) is 0 Å². The monoisotopic (exact) mass is 381 g/mol. The van der Waals surface area contributed by atoms with Crippen molar-refractivity contribution in [3.8, 4) is 0 Å². The van der Waals surface area contributed by atoms with Gasteiger partial charge in [-0.15, -0.1) is 0 Å². The molecule has 0 spiro atoms. The van der Waals surface area contributed by atoms with E-state index in [2.05, 4.69) is 13.8 Å². The molecule has 133 valence electrons. The van der Waals surface area contributed by atoms with Crippen LogP contribution in [0.2, 0.25) is 0 Å². The Hall–Kier alpha value is -0.940. The summed E-state index contributed by atoms with van der Waals surface area (Å²) in [5.74, 6) is 0. The van der Waals surface area contributed by atoms with E-state index in [9.17, 15) is 19.6 Å². The molecule has 0 heterocycles. The lowest BCUT2D eigenvalue weighted by atomic mass is 9.75. The molecule has 0 aliphatic carbocycles. The van der Waals surface area contributed by atoms with Gasteiger partial charge in [0.15, 0.2) is 0 Å². The van der Waals surface area contributed by atoms with Crippen molar-refractivity contribution in [1.82, 2.24) is 0 Å². The average molecular weight is 381 g/mol. The predicted octanol–water partition coefficient (Wildman–Crippen LogP) is 3.42. The minimum absolute atomic E-state index is 0.0647. The van der Waals surface area contributed by atoms with Crippen molar-refractivity contribution in [2.45, 2.75) is 6.10 Å². The molecule has 0 amide bonds. The lowest BCUT2D eigenvalue weighted by Crippen LogP contribution is -2.33. The van der Waals surface area contributed by atoms with Crippen molar-refractivity contribution >= 4 is 17.2 Å². The Labute approximate surface area is 149 Å². The summed E-state index contributed by atoms with van der Waals surface area (Å²) < 4.78 is 10.5. The Morgan fingerprint density at radius 3 is 1.84 bits per heavy atom. The van der Waals surface area contributed by atoms with Crippen molar-refractivity contribution in [1.29, 1.82) is 0 Å². The Balaban J connectivity index is 2.46. The van der Waals surface area contributed by atoms with Crippen LogP contribution in [0.15, 0.2) is 60.7 Å². The smallest absolute Gasteiger partial charge is 0.328 e. The fraction of sp³-hybridized carbons (Fsp3) is 0.118. The summed E-state index contributed by atoms with van der Waals surface area (Å²) in [6.45, 7) is 8.02. The lowest BCUT2D eigenvalue weighted by Gasteiger charge is -2.39. The van der Waals surface area contributed by atoms with Crippen molar-refractivity contribution in [3.05, 3.63) is 91.7 Å². The highest BCUT2D eigenvalue weighted by Gasteiger charge is 2.44. The van der Waals surface area contributed by atoms with Gasteiger partial charge in [-0.1, -0.05) is 60.7 Å². The largest absolute Gasteiger partial charge is 0.328 e. The van der Waals surface area contributed by atoms with E-state index in [1.165, 1.54) is 0 Å². The van der Waals surface area contributed by atoms with Gasteiger partial charge >= 0.3 is 17.2 Å². The molecule has 0 bridgehead atoms. The standard InChI is InChI=1S/C17H19O6P2/c1-17(2,15(22-24(18)19)13-9-5-3-6-10-13)16(23-25(20)21)14-11-7-4-8-12-14/h3-12,15,18-21H,1-2H2. The van der Waals surface area contributed by atoms with Gasteiger partial charge in [0.1, 0.15) is 12.2 Å². The van der Waals surface area contributed by atoms with Gasteiger partial charge in [0.25, 0.3) is 0 Å². The zero-order valence-corrected chi connectivity index (χ0v) is 15.1. The summed E-state index contributed by atoms with van der Waals surface area (Å²) in [5.41, 5.74) is -0.325. The first-order chi connectivity index (χ1) is 11.8. The van der Waals surface area contributed by atoms with E-state index >= 15 is 0 Å². The maximum absolute atomic E-state index is 9.38. The molecule has 1 atom stereocenters. The second-order valence-corrected chi connectivity index (χ2v) is 6.75. The van der Waals surface area contributed by atoms with E-state index in [1.54, 1.807) is 60.7 Å². The van der Waals surface area contributed by atoms with Gasteiger partial charge in [0.2, 0.25) is 0 Å². The van der Waals surface area contributed by atoms with E-state index in [0.29, 0.717) is 11.1 Å². The minimum atomic E-state index is -2.73. The quantitative estimate of drug-likeness (QED) is 0.523. The van der Waals surface area contributed by atoms with Crippen LogP contribution in [0, 0.1) is 25.4 Å². The molecule has 0 saturated carbocycles. The molecule has 6 nitrogen and oxygen atoms in total. The maximum Gasteiger partial charge on any atom is 0.328 e. The van der Waals surface area contributed by atoms with Crippen LogP contribution in [0.4, 0.5) is 0 Å². The molecule has 1 unspecified atom stereocenters. The van der Waals surface area contributed by atoms with E-state index in [1.807, 2.05) is 0 Å². The predicted molar refractivity (Wildman–Crippen MR) is 96.0 cm³/mol. The Kier molecular flexibility index (Phi) is 7.44. The first kappa shape index (κ1) is 20.4. The second kappa shape index (κ2) is 9.13. The fourth-order valence-corrected chi connectivity index (χ4v) is 3.39. The van der Waals surface area contributed by atoms with Crippen LogP contribution in [0.3, 0.4) is 0 Å². The molecule has 2 rings (SSSR count). The van der Waals surface area contributed by atoms with Crippen molar-refractivity contribution in [2.24, 2.45) is 5.41 Å². The van der Waals surface area contributed by atoms with E-state index in [-0.39, 0.29) is 6.10 Å². The summed E-state index contributed by atoms with van der Waals surface area (Å²) in [6, 6.07) is 17.4. The molecular formula is C17H19O6P2. The zero-order valence-electron chi connectivity index (χ0n) is 13.3. The molecule has 0 aromatic heterocycles. The summed E-state index contributed by atoms with van der Waals surface area (Å²) in [6.07, 6.45) is -0.935. The molecular weight excluding hydrogens is 362 g/mol. The molecule has 8 heteroatoms. The van der Waals surface area contributed by atoms with Gasteiger partial charge in [-0.3, -0.25) is 4.52 Å². The number of rotatable bonds is 8. The van der Waals surface area contributed by atoms with E-state index in [4.69, 9.17) is 9.05 Å². The summed E-state index contributed by atoms with van der Waals surface area (Å²) in [5, 5.41) is 0. The van der Waals surface area contributed by atoms with Gasteiger partial charge in [0, 0.05) is 5.41 Å². The molecule has 2 aromatic rings. The molecule has 0 saturated heterocycles. The highest BCUT2D eigenvalue weighted by atomic mass is 31.2. The fourth-order valence-electron chi connectivity index (χ4n) is 2.42. The van der Waals surface area contributed by atoms with Crippen LogP contribution in [0.25, 0.3) is 0 Å². The van der Waals surface area contributed by atoms with Gasteiger partial charge in [-0.05, 0) is 25.0 Å². The summed E-state index contributed by atoms with van der Waals surface area (Å²) in [4.78, 5) is 37.5. The molecule has 2 aromatic carbocycles. The van der Waals surface area contributed by atoms with Crippen LogP contribution in [0.5, 0.6) is 0 Å². The van der Waals surface area contributed by atoms with Crippen LogP contribution in [-0.4, -0.2) is 19.6 Å². The van der Waals surface area contributed by atoms with Gasteiger partial charge < -0.3 is 24.1 Å². The third kappa shape index (κ3) is 5.52. The van der Waals surface area contributed by atoms with Gasteiger partial charge in [0.05, 0.1) is 0 Å². The Morgan fingerprint density at radius 2 is 1.36 bits per heavy atom. The van der Waals surface area contributed by atoms with Crippen LogP contribution < -0.4 is 0 Å². The normalized spacial score (nSPS) is 13.6. The number of hydrogen-bond acceptors (Lipinski definition) is 6. The van der Waals surface area contributed by atoms with Gasteiger partial charge in [-0.2, -0.15) is 0 Å². The van der Waals surface area contributed by atoms with Crippen molar-refractivity contribution < 1.29 is 28.6 Å². The molecule has 25 heavy (non-hydrogen) atoms. The lowest BCUT2D eigenvalue weighted by molar-refractivity contribution is 0.0664. The summed E-state index contributed by atoms with van der Waals surface area (Å²) in [7, 11) is -5.44. The topological polar surface area (TPSA) is 99.4 Å². The molecule has 3 radical (unpaired) electrons. The minimum Gasteiger partial charge on any atom is -0.328 e. The SMILES string of the molecule is [CH2]C([CH2])([C](OP(O)O)c1ccccc1)C(OP(O)O)c1ccccc1. The average Bonchev–Trinajstić information content (AvgIpc) is 2.58. The van der Waals surface area contributed by atoms with E-state index < -0.39 is 28.7 Å². The third-order valence-electron chi connectivity index (χ3n) is 3.47. The zero-order chi connectivity index (χ0) is 18.4. The van der Waals surface area contributed by atoms with Crippen LogP contribution >= 0.6 is 17.2 Å². The van der Waals surface area contributed by atoms with Crippen LogP contribution in [0.1, 0.15) is 17.2 Å². The second-order valence-electron chi connectivity index (χ2n) is 5.34. The third-order valence-corrected chi connectivity index (χ3v) is 4.21. The van der Waals surface area contributed by atoms with Crippen molar-refractivity contribution in [2.75, 3.05) is 0 Å².